The monoisotopic (exact) mass is 381 g/mol. The lowest BCUT2D eigenvalue weighted by molar-refractivity contribution is 0.483. The van der Waals surface area contributed by atoms with E-state index in [2.05, 4.69) is 16.7 Å². The number of hydrogen-bond donors (Lipinski definition) is 3. The van der Waals surface area contributed by atoms with Crippen molar-refractivity contribution < 1.29 is 13.0 Å². The number of nitrogens with one attached hydrogen (secondary N) is 2. The molecule has 27 heavy (non-hydrogen) atoms. The van der Waals surface area contributed by atoms with Gasteiger partial charge in [0.05, 0.1) is 21.2 Å². The Morgan fingerprint density at radius 2 is 1.78 bits per heavy atom. The van der Waals surface area contributed by atoms with Crippen LogP contribution in [0.15, 0.2) is 64.4 Å². The fourth-order valence-corrected chi connectivity index (χ4v) is 3.44. The smallest absolute Gasteiger partial charge is 0.294 e. The van der Waals surface area contributed by atoms with Gasteiger partial charge in [0.15, 0.2) is 0 Å². The summed E-state index contributed by atoms with van der Waals surface area (Å²) in [5.41, 5.74) is 1.94. The molecule has 0 fully saturated rings. The average molecular weight is 381 g/mol. The van der Waals surface area contributed by atoms with E-state index in [0.29, 0.717) is 16.3 Å². The highest BCUT2D eigenvalue weighted by Gasteiger charge is 2.11. The molecular weight excluding hydrogens is 366 g/mol. The summed E-state index contributed by atoms with van der Waals surface area (Å²) in [7, 11) is -4.29. The van der Waals surface area contributed by atoms with Gasteiger partial charge in [0, 0.05) is 22.7 Å². The summed E-state index contributed by atoms with van der Waals surface area (Å²) in [5.74, 6) is 0. The van der Waals surface area contributed by atoms with Crippen LogP contribution < -0.4 is 16.1 Å². The summed E-state index contributed by atoms with van der Waals surface area (Å²) in [6.45, 7) is 3.89. The third-order valence-electron chi connectivity index (χ3n) is 4.32. The standard InChI is InChI=1S/C19H15N3O4S/c1-12-17(10-13-11-20-18-5-3-2-4-16(13)18)19(23)22(21-12)14-6-8-15(9-7-14)27(24,25)26/h2-11,20-21H,1H2,(H,24,25,26). The van der Waals surface area contributed by atoms with Crippen LogP contribution in [0, 0.1) is 0 Å². The van der Waals surface area contributed by atoms with Gasteiger partial charge >= 0.3 is 0 Å². The van der Waals surface area contributed by atoms with Crippen LogP contribution in [-0.2, 0) is 10.1 Å². The number of para-hydroxylation sites is 1. The second-order valence-electron chi connectivity index (χ2n) is 6.05. The van der Waals surface area contributed by atoms with E-state index >= 15 is 0 Å². The number of rotatable bonds is 3. The molecule has 0 amide bonds. The topological polar surface area (TPSA) is 108 Å². The molecule has 0 aliphatic carbocycles. The van der Waals surface area contributed by atoms with Crippen LogP contribution in [0.5, 0.6) is 0 Å². The Morgan fingerprint density at radius 1 is 1.07 bits per heavy atom. The van der Waals surface area contributed by atoms with Crippen LogP contribution in [0.4, 0.5) is 0 Å². The molecule has 0 spiro atoms. The molecule has 0 unspecified atom stereocenters. The molecule has 2 heterocycles. The Balaban J connectivity index is 1.86. The molecule has 7 nitrogen and oxygen atoms in total. The molecule has 0 atom stereocenters. The zero-order valence-corrected chi connectivity index (χ0v) is 14.8. The van der Waals surface area contributed by atoms with Gasteiger partial charge in [-0.05, 0) is 36.4 Å². The molecule has 0 saturated carbocycles. The van der Waals surface area contributed by atoms with Crippen molar-refractivity contribution in [2.75, 3.05) is 0 Å². The molecule has 2 aromatic carbocycles. The molecule has 0 bridgehead atoms. The predicted molar refractivity (Wildman–Crippen MR) is 103 cm³/mol. The maximum Gasteiger partial charge on any atom is 0.294 e. The SMILES string of the molecule is C=c1[nH]n(-c2ccc(S(=O)(=O)O)cc2)c(=O)c1=Cc1c[nH]c2ccccc12. The van der Waals surface area contributed by atoms with Crippen molar-refractivity contribution in [3.05, 3.63) is 81.2 Å². The Bertz CT molecular complexity index is 1420. The number of aromatic nitrogens is 3. The summed E-state index contributed by atoms with van der Waals surface area (Å²) < 4.78 is 32.6. The van der Waals surface area contributed by atoms with Gasteiger partial charge in [-0.1, -0.05) is 24.8 Å². The van der Waals surface area contributed by atoms with Gasteiger partial charge in [0.1, 0.15) is 0 Å². The lowest BCUT2D eigenvalue weighted by atomic mass is 10.1. The Morgan fingerprint density at radius 3 is 2.48 bits per heavy atom. The van der Waals surface area contributed by atoms with E-state index in [9.17, 15) is 13.2 Å². The van der Waals surface area contributed by atoms with E-state index in [1.54, 1.807) is 6.08 Å². The molecular formula is C19H15N3O4S. The van der Waals surface area contributed by atoms with Gasteiger partial charge in [-0.25, -0.2) is 4.68 Å². The van der Waals surface area contributed by atoms with E-state index < -0.39 is 10.1 Å². The van der Waals surface area contributed by atoms with Crippen molar-refractivity contribution in [1.82, 2.24) is 14.8 Å². The summed E-state index contributed by atoms with van der Waals surface area (Å²) in [6.07, 6.45) is 3.57. The second-order valence-corrected chi connectivity index (χ2v) is 7.47. The highest BCUT2D eigenvalue weighted by atomic mass is 32.2. The van der Waals surface area contributed by atoms with E-state index in [1.807, 2.05) is 30.5 Å². The van der Waals surface area contributed by atoms with Gasteiger partial charge < -0.3 is 4.98 Å². The van der Waals surface area contributed by atoms with Crippen LogP contribution >= 0.6 is 0 Å². The second kappa shape index (κ2) is 6.11. The van der Waals surface area contributed by atoms with Gasteiger partial charge in [-0.15, -0.1) is 0 Å². The van der Waals surface area contributed by atoms with Crippen LogP contribution in [0.3, 0.4) is 0 Å². The maximum absolute atomic E-state index is 12.8. The molecule has 0 radical (unpaired) electrons. The first-order valence-corrected chi connectivity index (χ1v) is 9.44. The largest absolute Gasteiger partial charge is 0.361 e. The fourth-order valence-electron chi connectivity index (χ4n) is 2.96. The normalized spacial score (nSPS) is 12.7. The first-order chi connectivity index (χ1) is 12.8. The minimum atomic E-state index is -4.29. The summed E-state index contributed by atoms with van der Waals surface area (Å²) >= 11 is 0. The van der Waals surface area contributed by atoms with Gasteiger partial charge in [0.25, 0.3) is 15.7 Å². The van der Waals surface area contributed by atoms with E-state index in [0.717, 1.165) is 16.5 Å². The molecule has 4 aromatic rings. The molecule has 136 valence electrons. The zero-order valence-electron chi connectivity index (χ0n) is 14.0. The van der Waals surface area contributed by atoms with Crippen LogP contribution in [0.25, 0.3) is 29.2 Å². The first-order valence-electron chi connectivity index (χ1n) is 8.00. The van der Waals surface area contributed by atoms with Crippen molar-refractivity contribution in [1.29, 1.82) is 0 Å². The fraction of sp³-hybridized carbons (Fsp3) is 0. The first kappa shape index (κ1) is 17.1. The number of fused-ring (bicyclic) bond motifs is 1. The van der Waals surface area contributed by atoms with E-state index in [4.69, 9.17) is 4.55 Å². The summed E-state index contributed by atoms with van der Waals surface area (Å²) in [4.78, 5) is 15.7. The molecule has 8 heteroatoms. The lowest BCUT2D eigenvalue weighted by Gasteiger charge is -2.02. The molecule has 0 aliphatic heterocycles. The molecule has 0 aliphatic rings. The minimum absolute atomic E-state index is 0.244. The third-order valence-corrected chi connectivity index (χ3v) is 5.19. The number of aromatic amines is 2. The average Bonchev–Trinajstić information content (AvgIpc) is 3.17. The minimum Gasteiger partial charge on any atom is -0.361 e. The molecule has 2 aromatic heterocycles. The van der Waals surface area contributed by atoms with Gasteiger partial charge in [0.2, 0.25) is 0 Å². The Kier molecular flexibility index (Phi) is 3.87. The van der Waals surface area contributed by atoms with Crippen molar-refractivity contribution in [3.8, 4) is 5.69 Å². The Hall–Kier alpha value is -3.36. The molecule has 4 rings (SSSR count). The summed E-state index contributed by atoms with van der Waals surface area (Å²) in [6, 6.07) is 13.1. The lowest BCUT2D eigenvalue weighted by Crippen LogP contribution is -2.33. The van der Waals surface area contributed by atoms with Crippen LogP contribution in [-0.4, -0.2) is 27.7 Å². The predicted octanol–water partition coefficient (Wildman–Crippen LogP) is 1.13. The zero-order chi connectivity index (χ0) is 19.2. The quantitative estimate of drug-likeness (QED) is 0.462. The van der Waals surface area contributed by atoms with Crippen molar-refractivity contribution >= 4 is 33.7 Å². The molecule has 0 saturated heterocycles. The highest BCUT2D eigenvalue weighted by molar-refractivity contribution is 7.85. The number of nitrogens with zero attached hydrogens (tertiary/aromatic N) is 1. The van der Waals surface area contributed by atoms with Crippen LogP contribution in [0.1, 0.15) is 5.56 Å². The number of hydrogen-bond acceptors (Lipinski definition) is 3. The molecule has 3 N–H and O–H groups in total. The van der Waals surface area contributed by atoms with Gasteiger partial charge in [-0.3, -0.25) is 14.4 Å². The van der Waals surface area contributed by atoms with Crippen molar-refractivity contribution in [2.24, 2.45) is 0 Å². The number of benzene rings is 2. The van der Waals surface area contributed by atoms with Crippen molar-refractivity contribution in [2.45, 2.75) is 4.90 Å². The highest BCUT2D eigenvalue weighted by Crippen LogP contribution is 2.17. The maximum atomic E-state index is 12.8. The van der Waals surface area contributed by atoms with E-state index in [1.165, 1.54) is 28.9 Å². The van der Waals surface area contributed by atoms with Gasteiger partial charge in [-0.2, -0.15) is 8.42 Å². The Labute approximate surface area is 153 Å². The van der Waals surface area contributed by atoms with Crippen LogP contribution in [0.2, 0.25) is 0 Å². The number of H-pyrrole nitrogens is 2. The third kappa shape index (κ3) is 3.01. The summed E-state index contributed by atoms with van der Waals surface area (Å²) in [5, 5.41) is 4.71. The van der Waals surface area contributed by atoms with Crippen molar-refractivity contribution in [3.63, 3.8) is 0 Å². The van der Waals surface area contributed by atoms with E-state index in [-0.39, 0.29) is 10.5 Å².